The van der Waals surface area contributed by atoms with E-state index in [-0.39, 0.29) is 23.6 Å². The lowest BCUT2D eigenvalue weighted by atomic mass is 10.1. The first-order chi connectivity index (χ1) is 13.7. The zero-order valence-electron chi connectivity index (χ0n) is 15.4. The van der Waals surface area contributed by atoms with Crippen molar-refractivity contribution in [3.8, 4) is 0 Å². The van der Waals surface area contributed by atoms with Crippen molar-refractivity contribution < 1.29 is 18.3 Å². The van der Waals surface area contributed by atoms with E-state index in [0.29, 0.717) is 31.7 Å². The molecule has 2 aromatic carbocycles. The van der Waals surface area contributed by atoms with Gasteiger partial charge in [-0.2, -0.15) is 0 Å². The van der Waals surface area contributed by atoms with Crippen LogP contribution in [0.5, 0.6) is 0 Å². The van der Waals surface area contributed by atoms with Gasteiger partial charge in [-0.05, 0) is 47.2 Å². The van der Waals surface area contributed by atoms with E-state index < -0.39 is 0 Å². The molecule has 144 valence electrons. The number of furan rings is 1. The number of halogens is 1. The molecule has 0 saturated heterocycles. The SMILES string of the molecule is O=C(NCc1cccc(COCc2ccco2)c1)C1CC1c1ccccc1F. The first-order valence-electron chi connectivity index (χ1n) is 9.41. The van der Waals surface area contributed by atoms with Gasteiger partial charge >= 0.3 is 0 Å². The number of rotatable bonds is 8. The lowest BCUT2D eigenvalue weighted by Gasteiger charge is -2.08. The van der Waals surface area contributed by atoms with Gasteiger partial charge in [0.15, 0.2) is 0 Å². The number of amides is 1. The Morgan fingerprint density at radius 2 is 1.93 bits per heavy atom. The Kier molecular flexibility index (Phi) is 5.53. The average molecular weight is 379 g/mol. The van der Waals surface area contributed by atoms with Crippen LogP contribution in [0.3, 0.4) is 0 Å². The van der Waals surface area contributed by atoms with Crippen LogP contribution in [-0.4, -0.2) is 5.91 Å². The highest BCUT2D eigenvalue weighted by Gasteiger charge is 2.44. The predicted octanol–water partition coefficient (Wildman–Crippen LogP) is 4.56. The number of hydrogen-bond acceptors (Lipinski definition) is 3. The van der Waals surface area contributed by atoms with Crippen molar-refractivity contribution >= 4 is 5.91 Å². The van der Waals surface area contributed by atoms with E-state index in [2.05, 4.69) is 5.32 Å². The Labute approximate surface area is 163 Å². The summed E-state index contributed by atoms with van der Waals surface area (Å²) in [5, 5.41) is 2.97. The van der Waals surface area contributed by atoms with Crippen LogP contribution in [0.25, 0.3) is 0 Å². The van der Waals surface area contributed by atoms with Crippen LogP contribution < -0.4 is 5.32 Å². The van der Waals surface area contributed by atoms with Crippen molar-refractivity contribution in [1.29, 1.82) is 0 Å². The van der Waals surface area contributed by atoms with Gasteiger partial charge in [-0.15, -0.1) is 0 Å². The summed E-state index contributed by atoms with van der Waals surface area (Å²) in [6, 6.07) is 18.3. The van der Waals surface area contributed by atoms with E-state index >= 15 is 0 Å². The summed E-state index contributed by atoms with van der Waals surface area (Å²) in [4.78, 5) is 12.4. The lowest BCUT2D eigenvalue weighted by Crippen LogP contribution is -2.25. The maximum absolute atomic E-state index is 13.9. The Morgan fingerprint density at radius 1 is 1.07 bits per heavy atom. The Bertz CT molecular complexity index is 939. The molecular formula is C23H22FNO3. The number of benzene rings is 2. The van der Waals surface area contributed by atoms with Gasteiger partial charge in [0.05, 0.1) is 12.9 Å². The Balaban J connectivity index is 1.26. The number of ether oxygens (including phenoxy) is 1. The van der Waals surface area contributed by atoms with Crippen LogP contribution in [0.4, 0.5) is 4.39 Å². The summed E-state index contributed by atoms with van der Waals surface area (Å²) in [5.41, 5.74) is 2.68. The minimum atomic E-state index is -0.231. The Morgan fingerprint density at radius 3 is 2.75 bits per heavy atom. The molecule has 0 spiro atoms. The van der Waals surface area contributed by atoms with Crippen molar-refractivity contribution in [2.75, 3.05) is 0 Å². The molecule has 1 aromatic heterocycles. The van der Waals surface area contributed by atoms with Crippen molar-refractivity contribution in [2.45, 2.75) is 32.1 Å². The number of carbonyl (C=O) groups excluding carboxylic acids is 1. The number of hydrogen-bond donors (Lipinski definition) is 1. The molecule has 1 fully saturated rings. The quantitative estimate of drug-likeness (QED) is 0.624. The van der Waals surface area contributed by atoms with Crippen LogP contribution in [0.15, 0.2) is 71.3 Å². The molecule has 4 rings (SSSR count). The maximum Gasteiger partial charge on any atom is 0.224 e. The summed E-state index contributed by atoms with van der Waals surface area (Å²) in [7, 11) is 0. The van der Waals surface area contributed by atoms with Gasteiger partial charge in [0, 0.05) is 12.5 Å². The lowest BCUT2D eigenvalue weighted by molar-refractivity contribution is -0.122. The van der Waals surface area contributed by atoms with Crippen molar-refractivity contribution in [2.24, 2.45) is 5.92 Å². The molecule has 28 heavy (non-hydrogen) atoms. The molecule has 5 heteroatoms. The zero-order chi connectivity index (χ0) is 19.3. The van der Waals surface area contributed by atoms with Crippen molar-refractivity contribution in [1.82, 2.24) is 5.32 Å². The molecule has 1 heterocycles. The monoisotopic (exact) mass is 379 g/mol. The first-order valence-corrected chi connectivity index (χ1v) is 9.41. The van der Waals surface area contributed by atoms with Crippen molar-refractivity contribution in [3.63, 3.8) is 0 Å². The first kappa shape index (κ1) is 18.4. The summed E-state index contributed by atoms with van der Waals surface area (Å²) in [5.74, 6) is 0.384. The third-order valence-electron chi connectivity index (χ3n) is 4.98. The summed E-state index contributed by atoms with van der Waals surface area (Å²) in [6.07, 6.45) is 2.33. The molecule has 2 atom stereocenters. The standard InChI is InChI=1S/C23H22FNO3/c24-22-9-2-1-8-19(22)20-12-21(20)23(26)25-13-16-5-3-6-17(11-16)14-27-15-18-7-4-10-28-18/h1-11,20-21H,12-15H2,(H,25,26). The topological polar surface area (TPSA) is 51.5 Å². The third kappa shape index (κ3) is 4.49. The average Bonchev–Trinajstić information content (AvgIpc) is 3.33. The normalized spacial score (nSPS) is 18.0. The van der Waals surface area contributed by atoms with E-state index in [0.717, 1.165) is 16.9 Å². The van der Waals surface area contributed by atoms with Gasteiger partial charge in [0.25, 0.3) is 0 Å². The predicted molar refractivity (Wildman–Crippen MR) is 103 cm³/mol. The maximum atomic E-state index is 13.9. The highest BCUT2D eigenvalue weighted by Crippen LogP contribution is 2.48. The van der Waals surface area contributed by atoms with E-state index in [1.165, 1.54) is 6.07 Å². The highest BCUT2D eigenvalue weighted by molar-refractivity contribution is 5.82. The van der Waals surface area contributed by atoms with Gasteiger partial charge in [-0.3, -0.25) is 4.79 Å². The molecule has 1 amide bonds. The van der Waals surface area contributed by atoms with E-state index in [1.54, 1.807) is 18.4 Å². The van der Waals surface area contributed by atoms with Crippen LogP contribution in [0.2, 0.25) is 0 Å². The summed E-state index contributed by atoms with van der Waals surface area (Å²) in [6.45, 7) is 1.35. The second kappa shape index (κ2) is 8.40. The number of nitrogens with one attached hydrogen (secondary N) is 1. The van der Waals surface area contributed by atoms with Crippen LogP contribution in [0.1, 0.15) is 34.8 Å². The molecule has 0 bridgehead atoms. The smallest absolute Gasteiger partial charge is 0.224 e. The van der Waals surface area contributed by atoms with Gasteiger partial charge in [-0.1, -0.05) is 42.5 Å². The fourth-order valence-electron chi connectivity index (χ4n) is 3.42. The Hall–Kier alpha value is -2.92. The molecule has 1 N–H and O–H groups in total. The summed E-state index contributed by atoms with van der Waals surface area (Å²) < 4.78 is 24.7. The molecule has 1 aliphatic rings. The molecule has 1 aliphatic carbocycles. The molecule has 0 radical (unpaired) electrons. The van der Waals surface area contributed by atoms with E-state index in [9.17, 15) is 9.18 Å². The molecular weight excluding hydrogens is 357 g/mol. The summed E-state index contributed by atoms with van der Waals surface area (Å²) >= 11 is 0. The molecule has 4 nitrogen and oxygen atoms in total. The number of carbonyl (C=O) groups is 1. The van der Waals surface area contributed by atoms with E-state index in [4.69, 9.17) is 9.15 Å². The highest BCUT2D eigenvalue weighted by atomic mass is 19.1. The van der Waals surface area contributed by atoms with Gasteiger partial charge in [0.1, 0.15) is 18.2 Å². The van der Waals surface area contributed by atoms with Gasteiger partial charge < -0.3 is 14.5 Å². The van der Waals surface area contributed by atoms with Crippen LogP contribution >= 0.6 is 0 Å². The minimum absolute atomic E-state index is 0.0115. The fourth-order valence-corrected chi connectivity index (χ4v) is 3.42. The largest absolute Gasteiger partial charge is 0.467 e. The second-order valence-electron chi connectivity index (χ2n) is 7.08. The molecule has 3 aromatic rings. The van der Waals surface area contributed by atoms with Gasteiger partial charge in [-0.25, -0.2) is 4.39 Å². The molecule has 2 unspecified atom stereocenters. The molecule has 0 aliphatic heterocycles. The molecule has 1 saturated carbocycles. The zero-order valence-corrected chi connectivity index (χ0v) is 15.4. The fraction of sp³-hybridized carbons (Fsp3) is 0.261. The van der Waals surface area contributed by atoms with Crippen LogP contribution in [0, 0.1) is 11.7 Å². The minimum Gasteiger partial charge on any atom is -0.467 e. The van der Waals surface area contributed by atoms with Crippen molar-refractivity contribution in [3.05, 3.63) is 95.2 Å². The van der Waals surface area contributed by atoms with E-state index in [1.807, 2.05) is 42.5 Å². The van der Waals surface area contributed by atoms with Gasteiger partial charge in [0.2, 0.25) is 5.91 Å². The second-order valence-corrected chi connectivity index (χ2v) is 7.08. The van der Waals surface area contributed by atoms with Crippen LogP contribution in [-0.2, 0) is 29.3 Å². The third-order valence-corrected chi connectivity index (χ3v) is 4.98.